The van der Waals surface area contributed by atoms with E-state index in [0.717, 1.165) is 39.0 Å². The van der Waals surface area contributed by atoms with Crippen molar-refractivity contribution in [2.24, 2.45) is 5.73 Å². The predicted molar refractivity (Wildman–Crippen MR) is 81.9 cm³/mol. The largest absolute Gasteiger partial charge is 0.377 e. The lowest BCUT2D eigenvalue weighted by atomic mass is 9.78. The summed E-state index contributed by atoms with van der Waals surface area (Å²) in [5.41, 5.74) is 6.23. The molecule has 2 saturated heterocycles. The Morgan fingerprint density at radius 1 is 1.30 bits per heavy atom. The zero-order valence-corrected chi connectivity index (χ0v) is 13.5. The van der Waals surface area contributed by atoms with E-state index in [0.29, 0.717) is 12.6 Å². The second kappa shape index (κ2) is 6.73. The van der Waals surface area contributed by atoms with E-state index in [-0.39, 0.29) is 11.1 Å². The van der Waals surface area contributed by atoms with Crippen LogP contribution >= 0.6 is 0 Å². The predicted octanol–water partition coefficient (Wildman–Crippen LogP) is 2.16. The zero-order chi connectivity index (χ0) is 14.6. The number of rotatable bonds is 5. The maximum Gasteiger partial charge on any atom is 0.0702 e. The van der Waals surface area contributed by atoms with Crippen molar-refractivity contribution >= 4 is 0 Å². The first-order valence-electron chi connectivity index (χ1n) is 8.20. The van der Waals surface area contributed by atoms with Gasteiger partial charge in [0, 0.05) is 31.8 Å². The number of nitrogens with zero attached hydrogens (tertiary/aromatic N) is 1. The van der Waals surface area contributed by atoms with Gasteiger partial charge in [-0.05, 0) is 52.5 Å². The van der Waals surface area contributed by atoms with Gasteiger partial charge in [0.2, 0.25) is 0 Å². The number of hydrogen-bond acceptors (Lipinski definition) is 4. The van der Waals surface area contributed by atoms with E-state index in [4.69, 9.17) is 15.2 Å². The third-order valence-corrected chi connectivity index (χ3v) is 5.41. The standard InChI is InChI=1S/C16H32N2O2/c1-4-15(2)12-16(13-17,8-10-20-15)18(3)11-14-7-5-6-9-19-14/h14H,4-13,17H2,1-3H3. The van der Waals surface area contributed by atoms with Crippen molar-refractivity contribution < 1.29 is 9.47 Å². The Kier molecular flexibility index (Phi) is 5.46. The maximum atomic E-state index is 6.18. The average molecular weight is 284 g/mol. The van der Waals surface area contributed by atoms with E-state index in [1.54, 1.807) is 0 Å². The summed E-state index contributed by atoms with van der Waals surface area (Å²) in [7, 11) is 2.21. The van der Waals surface area contributed by atoms with Crippen LogP contribution in [0, 0.1) is 0 Å². The van der Waals surface area contributed by atoms with Crippen LogP contribution in [0.25, 0.3) is 0 Å². The van der Waals surface area contributed by atoms with Gasteiger partial charge in [0.25, 0.3) is 0 Å². The van der Waals surface area contributed by atoms with Crippen molar-refractivity contribution in [2.45, 2.75) is 69.6 Å². The highest BCUT2D eigenvalue weighted by molar-refractivity contribution is 5.00. The van der Waals surface area contributed by atoms with Crippen LogP contribution in [-0.2, 0) is 9.47 Å². The number of nitrogens with two attached hydrogens (primary N) is 1. The molecule has 0 aromatic heterocycles. The van der Waals surface area contributed by atoms with Crippen LogP contribution in [0.1, 0.15) is 52.4 Å². The van der Waals surface area contributed by atoms with E-state index in [1.807, 2.05) is 0 Å². The molecule has 0 amide bonds. The molecule has 4 heteroatoms. The summed E-state index contributed by atoms with van der Waals surface area (Å²) in [5, 5.41) is 0. The fourth-order valence-corrected chi connectivity index (χ4v) is 3.66. The molecule has 3 unspecified atom stereocenters. The van der Waals surface area contributed by atoms with Crippen LogP contribution in [0.2, 0.25) is 0 Å². The first-order valence-corrected chi connectivity index (χ1v) is 8.20. The molecule has 2 rings (SSSR count). The van der Waals surface area contributed by atoms with E-state index in [1.165, 1.54) is 19.3 Å². The molecule has 0 saturated carbocycles. The van der Waals surface area contributed by atoms with Crippen molar-refractivity contribution in [3.8, 4) is 0 Å². The molecule has 0 spiro atoms. The van der Waals surface area contributed by atoms with Gasteiger partial charge in [0.15, 0.2) is 0 Å². The van der Waals surface area contributed by atoms with E-state index >= 15 is 0 Å². The molecule has 2 aliphatic rings. The van der Waals surface area contributed by atoms with Gasteiger partial charge in [0.1, 0.15) is 0 Å². The molecule has 118 valence electrons. The molecular formula is C16H32N2O2. The molecule has 0 radical (unpaired) electrons. The van der Waals surface area contributed by atoms with Crippen molar-refractivity contribution in [3.63, 3.8) is 0 Å². The van der Waals surface area contributed by atoms with Gasteiger partial charge in [-0.15, -0.1) is 0 Å². The molecule has 4 nitrogen and oxygen atoms in total. The topological polar surface area (TPSA) is 47.7 Å². The van der Waals surface area contributed by atoms with Crippen molar-refractivity contribution in [2.75, 3.05) is 33.4 Å². The van der Waals surface area contributed by atoms with Crippen molar-refractivity contribution in [3.05, 3.63) is 0 Å². The lowest BCUT2D eigenvalue weighted by molar-refractivity contribution is -0.132. The van der Waals surface area contributed by atoms with Gasteiger partial charge in [0.05, 0.1) is 11.7 Å². The number of likely N-dealkylation sites (N-methyl/N-ethyl adjacent to an activating group) is 1. The van der Waals surface area contributed by atoms with Crippen LogP contribution < -0.4 is 5.73 Å². The highest BCUT2D eigenvalue weighted by Crippen LogP contribution is 2.37. The van der Waals surface area contributed by atoms with Gasteiger partial charge in [-0.2, -0.15) is 0 Å². The van der Waals surface area contributed by atoms with Gasteiger partial charge in [-0.3, -0.25) is 4.90 Å². The number of ether oxygens (including phenoxy) is 2. The lowest BCUT2D eigenvalue weighted by Crippen LogP contribution is -2.61. The molecule has 2 heterocycles. The van der Waals surface area contributed by atoms with Gasteiger partial charge in [-0.1, -0.05) is 6.92 Å². The zero-order valence-electron chi connectivity index (χ0n) is 13.5. The summed E-state index contributed by atoms with van der Waals surface area (Å²) in [6.07, 6.45) is 7.18. The number of hydrogen-bond donors (Lipinski definition) is 1. The Bertz CT molecular complexity index is 307. The highest BCUT2D eigenvalue weighted by atomic mass is 16.5. The Hall–Kier alpha value is -0.160. The second-order valence-corrected chi connectivity index (χ2v) is 6.88. The summed E-state index contributed by atoms with van der Waals surface area (Å²) >= 11 is 0. The normalized spacial score (nSPS) is 39.1. The lowest BCUT2D eigenvalue weighted by Gasteiger charge is -2.51. The van der Waals surface area contributed by atoms with E-state index < -0.39 is 0 Å². The third-order valence-electron chi connectivity index (χ3n) is 5.41. The van der Waals surface area contributed by atoms with Crippen LogP contribution in [0.4, 0.5) is 0 Å². The first-order chi connectivity index (χ1) is 9.53. The Labute approximate surface area is 124 Å². The summed E-state index contributed by atoms with van der Waals surface area (Å²) in [4.78, 5) is 2.46. The van der Waals surface area contributed by atoms with E-state index in [2.05, 4.69) is 25.8 Å². The molecule has 0 bridgehead atoms. The van der Waals surface area contributed by atoms with Crippen LogP contribution in [0.15, 0.2) is 0 Å². The molecule has 2 N–H and O–H groups in total. The Balaban J connectivity index is 2.01. The van der Waals surface area contributed by atoms with Gasteiger partial charge >= 0.3 is 0 Å². The minimum absolute atomic E-state index is 0.0285. The van der Waals surface area contributed by atoms with Crippen molar-refractivity contribution in [1.82, 2.24) is 4.90 Å². The monoisotopic (exact) mass is 284 g/mol. The van der Waals surface area contributed by atoms with Crippen molar-refractivity contribution in [1.29, 1.82) is 0 Å². The van der Waals surface area contributed by atoms with Crippen LogP contribution in [0.3, 0.4) is 0 Å². The Morgan fingerprint density at radius 3 is 2.70 bits per heavy atom. The molecule has 2 aliphatic heterocycles. The maximum absolute atomic E-state index is 6.18. The molecule has 20 heavy (non-hydrogen) atoms. The fraction of sp³-hybridized carbons (Fsp3) is 1.00. The first kappa shape index (κ1) is 16.2. The Morgan fingerprint density at radius 2 is 2.10 bits per heavy atom. The second-order valence-electron chi connectivity index (χ2n) is 6.88. The quantitative estimate of drug-likeness (QED) is 0.840. The third kappa shape index (κ3) is 3.53. The van der Waals surface area contributed by atoms with E-state index in [9.17, 15) is 0 Å². The molecule has 2 fully saturated rings. The molecule has 0 aromatic rings. The van der Waals surface area contributed by atoms with Crippen LogP contribution in [0.5, 0.6) is 0 Å². The molecule has 0 aliphatic carbocycles. The highest BCUT2D eigenvalue weighted by Gasteiger charge is 2.44. The smallest absolute Gasteiger partial charge is 0.0702 e. The summed E-state index contributed by atoms with van der Waals surface area (Å²) in [5.74, 6) is 0. The summed E-state index contributed by atoms with van der Waals surface area (Å²) < 4.78 is 11.9. The molecule has 3 atom stereocenters. The fourth-order valence-electron chi connectivity index (χ4n) is 3.66. The SMILES string of the molecule is CCC1(C)CC(CN)(N(C)CC2CCCCO2)CCO1. The van der Waals surface area contributed by atoms with Gasteiger partial charge in [-0.25, -0.2) is 0 Å². The molecular weight excluding hydrogens is 252 g/mol. The molecule has 0 aromatic carbocycles. The minimum atomic E-state index is -0.0285. The average Bonchev–Trinajstić information content (AvgIpc) is 2.48. The summed E-state index contributed by atoms with van der Waals surface area (Å²) in [6, 6.07) is 0. The minimum Gasteiger partial charge on any atom is -0.377 e. The van der Waals surface area contributed by atoms with Gasteiger partial charge < -0.3 is 15.2 Å². The van der Waals surface area contributed by atoms with Crippen LogP contribution in [-0.4, -0.2) is 55.5 Å². The summed E-state index contributed by atoms with van der Waals surface area (Å²) in [6.45, 7) is 7.87.